The van der Waals surface area contributed by atoms with Gasteiger partial charge in [-0.3, -0.25) is 4.79 Å². The van der Waals surface area contributed by atoms with Crippen LogP contribution in [0.2, 0.25) is 0 Å². The highest BCUT2D eigenvalue weighted by molar-refractivity contribution is 8.16. The van der Waals surface area contributed by atoms with Crippen molar-refractivity contribution in [3.8, 4) is 11.8 Å². The van der Waals surface area contributed by atoms with E-state index in [9.17, 15) is 4.79 Å². The maximum atomic E-state index is 12.0. The summed E-state index contributed by atoms with van der Waals surface area (Å²) in [6, 6.07) is 17.4. The Morgan fingerprint density at radius 3 is 2.46 bits per heavy atom. The van der Waals surface area contributed by atoms with E-state index in [-0.39, 0.29) is 12.5 Å². The van der Waals surface area contributed by atoms with E-state index >= 15 is 0 Å². The van der Waals surface area contributed by atoms with E-state index in [4.69, 9.17) is 10.00 Å². The zero-order valence-electron chi connectivity index (χ0n) is 14.3. The van der Waals surface area contributed by atoms with Crippen LogP contribution in [0.4, 0.5) is 5.69 Å². The van der Waals surface area contributed by atoms with Crippen LogP contribution in [0.25, 0.3) is 0 Å². The molecule has 1 heterocycles. The second-order valence-corrected chi connectivity index (χ2v) is 8.59. The van der Waals surface area contributed by atoms with Crippen molar-refractivity contribution in [2.75, 3.05) is 23.4 Å². The SMILES string of the molecule is N#CCc1ccc(NC(=O)COc2ccc(C3SCCCS3)cc2)cc1. The Morgan fingerprint density at radius 1 is 1.12 bits per heavy atom. The standard InChI is InChI=1S/C20H20N2O2S2/c21-11-10-15-2-6-17(7-3-15)22-19(23)14-24-18-8-4-16(5-9-18)20-25-12-1-13-26-20/h2-9,20H,1,10,12-14H2,(H,22,23). The van der Waals surface area contributed by atoms with Gasteiger partial charge in [0, 0.05) is 5.69 Å². The lowest BCUT2D eigenvalue weighted by Crippen LogP contribution is -2.20. The number of anilines is 1. The van der Waals surface area contributed by atoms with Gasteiger partial charge in [-0.05, 0) is 53.3 Å². The van der Waals surface area contributed by atoms with E-state index in [0.717, 1.165) is 5.56 Å². The molecule has 6 heteroatoms. The molecule has 0 saturated carbocycles. The molecule has 0 radical (unpaired) electrons. The minimum atomic E-state index is -0.208. The summed E-state index contributed by atoms with van der Waals surface area (Å²) in [5.74, 6) is 2.92. The van der Waals surface area contributed by atoms with E-state index in [1.165, 1.54) is 23.5 Å². The van der Waals surface area contributed by atoms with Gasteiger partial charge in [0.25, 0.3) is 5.91 Å². The first-order chi connectivity index (χ1) is 12.7. The number of ether oxygens (including phenoxy) is 1. The number of nitriles is 1. The molecule has 3 rings (SSSR count). The topological polar surface area (TPSA) is 62.1 Å². The summed E-state index contributed by atoms with van der Waals surface area (Å²) >= 11 is 3.97. The summed E-state index contributed by atoms with van der Waals surface area (Å²) in [6.45, 7) is -0.0355. The maximum absolute atomic E-state index is 12.0. The van der Waals surface area contributed by atoms with Gasteiger partial charge in [0.2, 0.25) is 0 Å². The van der Waals surface area contributed by atoms with Gasteiger partial charge in [-0.1, -0.05) is 24.3 Å². The zero-order chi connectivity index (χ0) is 18.2. The number of hydrogen-bond donors (Lipinski definition) is 1. The van der Waals surface area contributed by atoms with Crippen LogP contribution in [0.1, 0.15) is 22.1 Å². The molecule has 0 atom stereocenters. The molecule has 2 aromatic carbocycles. The third-order valence-electron chi connectivity index (χ3n) is 3.87. The molecular weight excluding hydrogens is 364 g/mol. The van der Waals surface area contributed by atoms with E-state index < -0.39 is 0 Å². The summed E-state index contributed by atoms with van der Waals surface area (Å²) < 4.78 is 6.08. The molecule has 1 N–H and O–H groups in total. The Hall–Kier alpha value is -2.10. The van der Waals surface area contributed by atoms with Gasteiger partial charge in [-0.25, -0.2) is 0 Å². The van der Waals surface area contributed by atoms with Crippen molar-refractivity contribution in [1.82, 2.24) is 0 Å². The summed E-state index contributed by atoms with van der Waals surface area (Å²) in [5, 5.41) is 11.5. The highest BCUT2D eigenvalue weighted by Gasteiger charge is 2.16. The predicted octanol–water partition coefficient (Wildman–Crippen LogP) is 4.64. The molecule has 1 aliphatic rings. The molecule has 134 valence electrons. The van der Waals surface area contributed by atoms with Crippen molar-refractivity contribution in [1.29, 1.82) is 5.26 Å². The summed E-state index contributed by atoms with van der Waals surface area (Å²) in [4.78, 5) is 12.0. The molecule has 4 nitrogen and oxygen atoms in total. The van der Waals surface area contributed by atoms with E-state index in [0.29, 0.717) is 22.4 Å². The summed E-state index contributed by atoms with van der Waals surface area (Å²) in [5.41, 5.74) is 2.92. The first kappa shape index (κ1) is 18.7. The fourth-order valence-corrected chi connectivity index (χ4v) is 5.44. The minimum absolute atomic E-state index is 0.0355. The largest absolute Gasteiger partial charge is 0.484 e. The Morgan fingerprint density at radius 2 is 1.81 bits per heavy atom. The normalized spacial score (nSPS) is 14.4. The molecule has 0 spiro atoms. The number of benzene rings is 2. The van der Waals surface area contributed by atoms with Crippen molar-refractivity contribution in [2.24, 2.45) is 0 Å². The van der Waals surface area contributed by atoms with Crippen LogP contribution >= 0.6 is 23.5 Å². The molecule has 1 amide bonds. The highest BCUT2D eigenvalue weighted by atomic mass is 32.2. The van der Waals surface area contributed by atoms with Gasteiger partial charge < -0.3 is 10.1 Å². The lowest BCUT2D eigenvalue weighted by Gasteiger charge is -2.21. The van der Waals surface area contributed by atoms with Crippen molar-refractivity contribution < 1.29 is 9.53 Å². The third kappa shape index (κ3) is 5.45. The smallest absolute Gasteiger partial charge is 0.262 e. The quantitative estimate of drug-likeness (QED) is 0.786. The molecule has 1 saturated heterocycles. The molecule has 0 aliphatic carbocycles. The number of rotatable bonds is 6. The number of thioether (sulfide) groups is 2. The fraction of sp³-hybridized carbons (Fsp3) is 0.300. The van der Waals surface area contributed by atoms with Crippen LogP contribution in [0.5, 0.6) is 5.75 Å². The van der Waals surface area contributed by atoms with Gasteiger partial charge >= 0.3 is 0 Å². The van der Waals surface area contributed by atoms with Crippen LogP contribution < -0.4 is 10.1 Å². The molecular formula is C20H20N2O2S2. The first-order valence-corrected chi connectivity index (χ1v) is 10.6. The Kier molecular flexibility index (Phi) is 6.87. The Labute approximate surface area is 162 Å². The van der Waals surface area contributed by atoms with E-state index in [1.807, 2.05) is 47.8 Å². The third-order valence-corrected chi connectivity index (χ3v) is 6.89. The van der Waals surface area contributed by atoms with Crippen LogP contribution in [0.15, 0.2) is 48.5 Å². The molecule has 2 aromatic rings. The van der Waals surface area contributed by atoms with E-state index in [2.05, 4.69) is 23.5 Å². The summed E-state index contributed by atoms with van der Waals surface area (Å²) in [7, 11) is 0. The monoisotopic (exact) mass is 384 g/mol. The molecule has 0 unspecified atom stereocenters. The molecule has 26 heavy (non-hydrogen) atoms. The predicted molar refractivity (Wildman–Crippen MR) is 109 cm³/mol. The van der Waals surface area contributed by atoms with E-state index in [1.54, 1.807) is 12.1 Å². The minimum Gasteiger partial charge on any atom is -0.484 e. The van der Waals surface area contributed by atoms with Gasteiger partial charge in [0.05, 0.1) is 17.1 Å². The van der Waals surface area contributed by atoms with Crippen molar-refractivity contribution in [2.45, 2.75) is 17.4 Å². The fourth-order valence-electron chi connectivity index (χ4n) is 2.54. The number of nitrogens with zero attached hydrogens (tertiary/aromatic N) is 1. The Balaban J connectivity index is 1.47. The molecule has 1 fully saturated rings. The number of amides is 1. The van der Waals surface area contributed by atoms with Crippen molar-refractivity contribution in [3.05, 3.63) is 59.7 Å². The van der Waals surface area contributed by atoms with Gasteiger partial charge in [-0.15, -0.1) is 23.5 Å². The van der Waals surface area contributed by atoms with Crippen LogP contribution in [-0.2, 0) is 11.2 Å². The second kappa shape index (κ2) is 9.56. The average molecular weight is 385 g/mol. The van der Waals surface area contributed by atoms with Crippen molar-refractivity contribution in [3.63, 3.8) is 0 Å². The molecule has 1 aliphatic heterocycles. The molecule has 0 bridgehead atoms. The lowest BCUT2D eigenvalue weighted by atomic mass is 10.1. The van der Waals surface area contributed by atoms with Crippen molar-refractivity contribution >= 4 is 35.1 Å². The maximum Gasteiger partial charge on any atom is 0.262 e. The van der Waals surface area contributed by atoms with Crippen LogP contribution in [0, 0.1) is 11.3 Å². The van der Waals surface area contributed by atoms with Crippen LogP contribution in [-0.4, -0.2) is 24.0 Å². The number of nitrogens with one attached hydrogen (secondary N) is 1. The zero-order valence-corrected chi connectivity index (χ0v) is 15.9. The van der Waals surface area contributed by atoms with Gasteiger partial charge in [0.15, 0.2) is 6.61 Å². The number of carbonyl (C=O) groups excluding carboxylic acids is 1. The highest BCUT2D eigenvalue weighted by Crippen LogP contribution is 2.43. The first-order valence-electron chi connectivity index (χ1n) is 8.46. The van der Waals surface area contributed by atoms with Crippen LogP contribution in [0.3, 0.4) is 0 Å². The molecule has 0 aromatic heterocycles. The number of hydrogen-bond acceptors (Lipinski definition) is 5. The average Bonchev–Trinajstić information content (AvgIpc) is 2.69. The number of carbonyl (C=O) groups is 1. The Bertz CT molecular complexity index is 764. The lowest BCUT2D eigenvalue weighted by molar-refractivity contribution is -0.118. The summed E-state index contributed by atoms with van der Waals surface area (Å²) in [6.07, 6.45) is 1.65. The van der Waals surface area contributed by atoms with Gasteiger partial charge in [-0.2, -0.15) is 5.26 Å². The van der Waals surface area contributed by atoms with Gasteiger partial charge in [0.1, 0.15) is 5.75 Å². The second-order valence-electron chi connectivity index (χ2n) is 5.86.